The molecule has 0 fully saturated rings. The Balaban J connectivity index is 1.42. The molecule has 0 unspecified atom stereocenters. The Labute approximate surface area is 198 Å². The van der Waals surface area contributed by atoms with Gasteiger partial charge in [0.2, 0.25) is 0 Å². The number of unbranched alkanes of at least 4 members (excludes halogenated alkanes) is 1. The minimum absolute atomic E-state index is 0.0452. The number of carbonyl (C=O) groups excluding carboxylic acids is 1. The minimum Gasteiger partial charge on any atom is -0.494 e. The molecule has 6 heteroatoms. The first kappa shape index (κ1) is 24.7. The summed E-state index contributed by atoms with van der Waals surface area (Å²) in [5.74, 6) is 4.91. The summed E-state index contributed by atoms with van der Waals surface area (Å²) in [5, 5.41) is 9.05. The van der Waals surface area contributed by atoms with Gasteiger partial charge in [-0.1, -0.05) is 36.1 Å². The molecule has 1 N–H and O–H groups in total. The zero-order valence-electron chi connectivity index (χ0n) is 18.8. The molecule has 3 aromatic carbocycles. The summed E-state index contributed by atoms with van der Waals surface area (Å²) in [7, 11) is 1.38. The van der Waals surface area contributed by atoms with E-state index in [-0.39, 0.29) is 11.3 Å². The smallest absolute Gasteiger partial charge is 0.333 e. The van der Waals surface area contributed by atoms with Crippen molar-refractivity contribution in [1.29, 1.82) is 0 Å². The molecule has 174 valence electrons. The highest BCUT2D eigenvalue weighted by atomic mass is 19.1. The molecule has 0 aliphatic rings. The average Bonchev–Trinajstić information content (AvgIpc) is 2.85. The van der Waals surface area contributed by atoms with Crippen LogP contribution in [0.3, 0.4) is 0 Å². The van der Waals surface area contributed by atoms with Crippen molar-refractivity contribution in [1.82, 2.24) is 0 Å². The predicted octanol–water partition coefficient (Wildman–Crippen LogP) is 4.91. The van der Waals surface area contributed by atoms with E-state index >= 15 is 0 Å². The Morgan fingerprint density at radius 1 is 1.00 bits per heavy atom. The topological polar surface area (TPSA) is 72.8 Å². The van der Waals surface area contributed by atoms with Gasteiger partial charge >= 0.3 is 5.97 Å². The lowest BCUT2D eigenvalue weighted by Gasteiger charge is -2.10. The molecule has 0 saturated heterocycles. The maximum Gasteiger partial charge on any atom is 0.333 e. The van der Waals surface area contributed by atoms with Crippen LogP contribution in [-0.4, -0.2) is 36.7 Å². The van der Waals surface area contributed by atoms with E-state index in [0.717, 1.165) is 17.5 Å². The standard InChI is InChI=1S/C28H25FO5/c1-33-26(28(31)32)19-21-12-10-20(11-13-21)7-3-2-6-18-34-23-16-14-22(15-17-23)27(30)24-8-4-5-9-25(24)29/h4-5,8-17,26H,2,6,18-19H2,1H3,(H,31,32)/t26-/m0/s1. The highest BCUT2D eigenvalue weighted by Gasteiger charge is 2.16. The van der Waals surface area contributed by atoms with Crippen LogP contribution in [-0.2, 0) is 16.0 Å². The van der Waals surface area contributed by atoms with Crippen molar-refractivity contribution in [3.8, 4) is 17.6 Å². The molecule has 34 heavy (non-hydrogen) atoms. The molecular formula is C28H25FO5. The quantitative estimate of drug-likeness (QED) is 0.264. The highest BCUT2D eigenvalue weighted by Crippen LogP contribution is 2.17. The van der Waals surface area contributed by atoms with Gasteiger partial charge in [-0.2, -0.15) is 0 Å². The van der Waals surface area contributed by atoms with Crippen molar-refractivity contribution in [3.63, 3.8) is 0 Å². The van der Waals surface area contributed by atoms with Gasteiger partial charge in [0.15, 0.2) is 11.9 Å². The van der Waals surface area contributed by atoms with E-state index in [0.29, 0.717) is 30.8 Å². The van der Waals surface area contributed by atoms with Gasteiger partial charge < -0.3 is 14.6 Å². The number of aliphatic carboxylic acids is 1. The fourth-order valence-electron chi connectivity index (χ4n) is 3.23. The second-order valence-corrected chi connectivity index (χ2v) is 7.55. The molecule has 0 bridgehead atoms. The third-order valence-corrected chi connectivity index (χ3v) is 5.12. The maximum atomic E-state index is 13.8. The molecular weight excluding hydrogens is 435 g/mol. The number of carboxylic acid groups (broad SMARTS) is 1. The van der Waals surface area contributed by atoms with Crippen molar-refractivity contribution in [2.24, 2.45) is 0 Å². The van der Waals surface area contributed by atoms with Crippen LogP contribution >= 0.6 is 0 Å². The Bertz CT molecular complexity index is 1170. The molecule has 0 saturated carbocycles. The number of carboxylic acids is 1. The summed E-state index contributed by atoms with van der Waals surface area (Å²) < 4.78 is 24.4. The first-order valence-corrected chi connectivity index (χ1v) is 10.8. The normalized spacial score (nSPS) is 11.2. The van der Waals surface area contributed by atoms with Crippen LogP contribution in [0.1, 0.15) is 39.9 Å². The van der Waals surface area contributed by atoms with Gasteiger partial charge in [0, 0.05) is 31.1 Å². The predicted molar refractivity (Wildman–Crippen MR) is 126 cm³/mol. The molecule has 0 aliphatic carbocycles. The third kappa shape index (κ3) is 7.03. The number of carbonyl (C=O) groups is 2. The number of halogens is 1. The van der Waals surface area contributed by atoms with Gasteiger partial charge in [0.25, 0.3) is 0 Å². The molecule has 0 aromatic heterocycles. The first-order valence-electron chi connectivity index (χ1n) is 10.8. The summed E-state index contributed by atoms with van der Waals surface area (Å²) >= 11 is 0. The maximum absolute atomic E-state index is 13.8. The summed E-state index contributed by atoms with van der Waals surface area (Å²) in [6, 6.07) is 20.0. The van der Waals surface area contributed by atoms with Crippen LogP contribution in [0.2, 0.25) is 0 Å². The van der Waals surface area contributed by atoms with Crippen molar-refractivity contribution >= 4 is 11.8 Å². The van der Waals surface area contributed by atoms with Crippen molar-refractivity contribution in [2.75, 3.05) is 13.7 Å². The van der Waals surface area contributed by atoms with Crippen LogP contribution in [0.15, 0.2) is 72.8 Å². The molecule has 5 nitrogen and oxygen atoms in total. The molecule has 0 spiro atoms. The van der Waals surface area contributed by atoms with Crippen LogP contribution in [0, 0.1) is 17.7 Å². The molecule has 0 radical (unpaired) electrons. The van der Waals surface area contributed by atoms with Crippen LogP contribution in [0.4, 0.5) is 4.39 Å². The largest absolute Gasteiger partial charge is 0.494 e. The van der Waals surface area contributed by atoms with Crippen LogP contribution in [0.25, 0.3) is 0 Å². The lowest BCUT2D eigenvalue weighted by Crippen LogP contribution is -2.24. The number of hydrogen-bond donors (Lipinski definition) is 1. The van der Waals surface area contributed by atoms with Crippen molar-refractivity contribution in [2.45, 2.75) is 25.4 Å². The number of ether oxygens (including phenoxy) is 2. The number of benzene rings is 3. The fourth-order valence-corrected chi connectivity index (χ4v) is 3.23. The number of ketones is 1. The van der Waals surface area contributed by atoms with E-state index in [2.05, 4.69) is 11.8 Å². The Morgan fingerprint density at radius 2 is 1.71 bits per heavy atom. The van der Waals surface area contributed by atoms with Gasteiger partial charge in [-0.05, 0) is 60.5 Å². The lowest BCUT2D eigenvalue weighted by atomic mass is 10.0. The fraction of sp³-hybridized carbons (Fsp3) is 0.214. The zero-order chi connectivity index (χ0) is 24.3. The van der Waals surface area contributed by atoms with Crippen molar-refractivity contribution < 1.29 is 28.6 Å². The Morgan fingerprint density at radius 3 is 2.35 bits per heavy atom. The van der Waals surface area contributed by atoms with Gasteiger partial charge in [-0.15, -0.1) is 0 Å². The summed E-state index contributed by atoms with van der Waals surface area (Å²) in [4.78, 5) is 23.5. The third-order valence-electron chi connectivity index (χ3n) is 5.12. The van der Waals surface area contributed by atoms with Gasteiger partial charge in [0.1, 0.15) is 11.6 Å². The summed E-state index contributed by atoms with van der Waals surface area (Å²) in [6.07, 6.45) is 0.821. The van der Waals surface area contributed by atoms with Crippen molar-refractivity contribution in [3.05, 3.63) is 101 Å². The van der Waals surface area contributed by atoms with E-state index in [1.165, 1.54) is 19.2 Å². The van der Waals surface area contributed by atoms with E-state index in [9.17, 15) is 14.0 Å². The molecule has 0 aliphatic heterocycles. The molecule has 0 amide bonds. The van der Waals surface area contributed by atoms with Gasteiger partial charge in [0.05, 0.1) is 12.2 Å². The average molecular weight is 461 g/mol. The van der Waals surface area contributed by atoms with Gasteiger partial charge in [-0.25, -0.2) is 9.18 Å². The second-order valence-electron chi connectivity index (χ2n) is 7.55. The first-order chi connectivity index (χ1) is 16.5. The second kappa shape index (κ2) is 12.3. The monoisotopic (exact) mass is 460 g/mol. The highest BCUT2D eigenvalue weighted by molar-refractivity contribution is 6.09. The van der Waals surface area contributed by atoms with E-state index < -0.39 is 17.9 Å². The molecule has 3 rings (SSSR count). The van der Waals surface area contributed by atoms with E-state index in [1.807, 2.05) is 24.3 Å². The number of methoxy groups -OCH3 is 1. The van der Waals surface area contributed by atoms with Gasteiger partial charge in [-0.3, -0.25) is 4.79 Å². The van der Waals surface area contributed by atoms with E-state index in [4.69, 9.17) is 14.6 Å². The van der Waals surface area contributed by atoms with Crippen LogP contribution in [0.5, 0.6) is 5.75 Å². The SMILES string of the molecule is CO[C@@H](Cc1ccc(C#CCCCOc2ccc(C(=O)c3ccccc3F)cc2)cc1)C(=O)O. The molecule has 1 atom stereocenters. The Kier molecular flexibility index (Phi) is 8.96. The summed E-state index contributed by atoms with van der Waals surface area (Å²) in [6.45, 7) is 0.474. The Hall–Kier alpha value is -3.95. The summed E-state index contributed by atoms with van der Waals surface area (Å²) in [5.41, 5.74) is 2.16. The number of rotatable bonds is 10. The molecule has 0 heterocycles. The zero-order valence-corrected chi connectivity index (χ0v) is 18.8. The van der Waals surface area contributed by atoms with E-state index in [1.54, 1.807) is 36.4 Å². The van der Waals surface area contributed by atoms with Crippen LogP contribution < -0.4 is 4.74 Å². The number of hydrogen-bond acceptors (Lipinski definition) is 4. The minimum atomic E-state index is -0.986. The molecule has 3 aromatic rings. The lowest BCUT2D eigenvalue weighted by molar-refractivity contribution is -0.148.